The third-order valence-electron chi connectivity index (χ3n) is 4.27. The number of hydrogen-bond acceptors (Lipinski definition) is 4. The van der Waals surface area contributed by atoms with Crippen molar-refractivity contribution in [2.75, 3.05) is 26.0 Å². The third kappa shape index (κ3) is 7.15. The number of ether oxygens (including phenoxy) is 1. The highest BCUT2D eigenvalue weighted by Gasteiger charge is 2.08. The number of carbonyl (C=O) groups excluding carboxylic acids is 1. The Balaban J connectivity index is 0.000000221. The summed E-state index contributed by atoms with van der Waals surface area (Å²) in [5.41, 5.74) is 2.67. The highest BCUT2D eigenvalue weighted by atomic mass is 35.5. The summed E-state index contributed by atoms with van der Waals surface area (Å²) >= 11 is 5.98. The molecular formula is C23H26ClN3O4. The molecule has 0 aliphatic carbocycles. The molecule has 0 unspecified atom stereocenters. The van der Waals surface area contributed by atoms with Gasteiger partial charge in [0.15, 0.2) is 6.61 Å². The molecule has 0 fully saturated rings. The second kappa shape index (κ2) is 11.2. The van der Waals surface area contributed by atoms with Crippen LogP contribution in [0.5, 0.6) is 5.75 Å². The Kier molecular flexibility index (Phi) is 8.63. The van der Waals surface area contributed by atoms with Crippen molar-refractivity contribution in [2.24, 2.45) is 0 Å². The van der Waals surface area contributed by atoms with Gasteiger partial charge < -0.3 is 20.1 Å². The number of pyridine rings is 1. The number of halogens is 1. The number of nitrogens with one attached hydrogen (secondary N) is 1. The van der Waals surface area contributed by atoms with E-state index in [9.17, 15) is 9.59 Å². The Labute approximate surface area is 186 Å². The molecular weight excluding hydrogens is 418 g/mol. The molecule has 0 bridgehead atoms. The molecule has 0 saturated heterocycles. The standard InChI is InChI=1S/C12H18N2O.C11H8ClNO3/c1-9(2)10-5-7-11(8-6-10)13-12(15)14(3)4;12-8-3-4-9(16-6-10(14)15)11-7(8)2-1-5-13-11/h5-9H,1-4H3,(H,13,15);1-5H,6H2,(H,14,15). The number of carboxylic acids is 1. The summed E-state index contributed by atoms with van der Waals surface area (Å²) in [4.78, 5) is 27.4. The van der Waals surface area contributed by atoms with E-state index in [0.717, 1.165) is 11.1 Å². The smallest absolute Gasteiger partial charge is 0.341 e. The van der Waals surface area contributed by atoms with Gasteiger partial charge in [0.05, 0.1) is 5.02 Å². The highest BCUT2D eigenvalue weighted by molar-refractivity contribution is 6.35. The zero-order valence-corrected chi connectivity index (χ0v) is 18.7. The Bertz CT molecular complexity index is 1040. The molecule has 0 radical (unpaired) electrons. The van der Waals surface area contributed by atoms with E-state index >= 15 is 0 Å². The number of hydrogen-bond donors (Lipinski definition) is 2. The van der Waals surface area contributed by atoms with Crippen molar-refractivity contribution >= 4 is 40.2 Å². The van der Waals surface area contributed by atoms with Gasteiger partial charge >= 0.3 is 12.0 Å². The van der Waals surface area contributed by atoms with Gasteiger partial charge in [-0.25, -0.2) is 9.59 Å². The van der Waals surface area contributed by atoms with E-state index in [1.54, 1.807) is 44.6 Å². The van der Waals surface area contributed by atoms with Crippen LogP contribution < -0.4 is 10.1 Å². The number of aliphatic carboxylic acids is 1. The first-order valence-electron chi connectivity index (χ1n) is 9.65. The highest BCUT2D eigenvalue weighted by Crippen LogP contribution is 2.29. The van der Waals surface area contributed by atoms with Crippen molar-refractivity contribution in [1.29, 1.82) is 0 Å². The normalized spacial score (nSPS) is 10.3. The lowest BCUT2D eigenvalue weighted by Gasteiger charge is -2.12. The topological polar surface area (TPSA) is 91.8 Å². The average Bonchev–Trinajstić information content (AvgIpc) is 2.74. The maximum absolute atomic E-state index is 11.3. The van der Waals surface area contributed by atoms with E-state index in [1.165, 1.54) is 10.5 Å². The van der Waals surface area contributed by atoms with Crippen molar-refractivity contribution in [1.82, 2.24) is 9.88 Å². The third-order valence-corrected chi connectivity index (χ3v) is 4.59. The Hall–Kier alpha value is -3.32. The van der Waals surface area contributed by atoms with E-state index in [4.69, 9.17) is 21.4 Å². The molecule has 0 saturated carbocycles. The summed E-state index contributed by atoms with van der Waals surface area (Å²) in [6, 6.07) is 14.7. The summed E-state index contributed by atoms with van der Waals surface area (Å²) in [6.45, 7) is 3.90. The predicted octanol–water partition coefficient (Wildman–Crippen LogP) is 5.26. The number of aromatic nitrogens is 1. The lowest BCUT2D eigenvalue weighted by atomic mass is 10.0. The van der Waals surface area contributed by atoms with Crippen LogP contribution in [0.2, 0.25) is 5.02 Å². The number of nitrogens with zero attached hydrogens (tertiary/aromatic N) is 2. The predicted molar refractivity (Wildman–Crippen MR) is 123 cm³/mol. The fourth-order valence-corrected chi connectivity index (χ4v) is 2.77. The van der Waals surface area contributed by atoms with Gasteiger partial charge in [0.25, 0.3) is 0 Å². The molecule has 31 heavy (non-hydrogen) atoms. The monoisotopic (exact) mass is 443 g/mol. The number of urea groups is 1. The van der Waals surface area contributed by atoms with Gasteiger partial charge in [-0.3, -0.25) is 4.98 Å². The fraction of sp³-hybridized carbons (Fsp3) is 0.261. The molecule has 164 valence electrons. The van der Waals surface area contributed by atoms with Crippen molar-refractivity contribution < 1.29 is 19.4 Å². The van der Waals surface area contributed by atoms with Crippen LogP contribution in [0, 0.1) is 0 Å². The minimum atomic E-state index is -1.03. The van der Waals surface area contributed by atoms with Gasteiger partial charge in [-0.15, -0.1) is 0 Å². The zero-order valence-electron chi connectivity index (χ0n) is 17.9. The molecule has 0 aliphatic heterocycles. The van der Waals surface area contributed by atoms with Gasteiger partial charge in [0.2, 0.25) is 0 Å². The summed E-state index contributed by atoms with van der Waals surface area (Å²) in [5, 5.41) is 12.6. The van der Waals surface area contributed by atoms with E-state index < -0.39 is 12.6 Å². The lowest BCUT2D eigenvalue weighted by Crippen LogP contribution is -2.27. The number of benzene rings is 2. The molecule has 3 aromatic rings. The molecule has 0 aliphatic rings. The van der Waals surface area contributed by atoms with Crippen LogP contribution >= 0.6 is 11.6 Å². The SMILES string of the molecule is CC(C)c1ccc(NC(=O)N(C)C)cc1.O=C(O)COc1ccc(Cl)c2cccnc12. The van der Waals surface area contributed by atoms with E-state index in [-0.39, 0.29) is 6.03 Å². The van der Waals surface area contributed by atoms with Crippen LogP contribution in [0.4, 0.5) is 10.5 Å². The Morgan fingerprint density at radius 1 is 1.13 bits per heavy atom. The molecule has 2 aromatic carbocycles. The van der Waals surface area contributed by atoms with Crippen LogP contribution in [-0.2, 0) is 4.79 Å². The first-order chi connectivity index (χ1) is 14.7. The molecule has 1 heterocycles. The maximum atomic E-state index is 11.3. The van der Waals surface area contributed by atoms with E-state index in [2.05, 4.69) is 24.1 Å². The van der Waals surface area contributed by atoms with Crippen molar-refractivity contribution in [3.63, 3.8) is 0 Å². The van der Waals surface area contributed by atoms with Crippen LogP contribution in [0.25, 0.3) is 10.9 Å². The molecule has 3 rings (SSSR count). The molecule has 0 atom stereocenters. The zero-order chi connectivity index (χ0) is 23.0. The average molecular weight is 444 g/mol. The van der Waals surface area contributed by atoms with Gasteiger partial charge in [0, 0.05) is 31.4 Å². The number of carbonyl (C=O) groups is 2. The molecule has 2 amide bonds. The van der Waals surface area contributed by atoms with E-state index in [1.807, 2.05) is 24.3 Å². The molecule has 7 nitrogen and oxygen atoms in total. The maximum Gasteiger partial charge on any atom is 0.341 e. The first kappa shape index (κ1) is 24.0. The largest absolute Gasteiger partial charge is 0.480 e. The first-order valence-corrected chi connectivity index (χ1v) is 10.0. The quantitative estimate of drug-likeness (QED) is 0.561. The van der Waals surface area contributed by atoms with Gasteiger partial charge in [-0.05, 0) is 47.9 Å². The van der Waals surface area contributed by atoms with Crippen LogP contribution in [-0.4, -0.2) is 47.7 Å². The lowest BCUT2D eigenvalue weighted by molar-refractivity contribution is -0.139. The van der Waals surface area contributed by atoms with Crippen molar-refractivity contribution in [2.45, 2.75) is 19.8 Å². The van der Waals surface area contributed by atoms with Gasteiger partial charge in [-0.2, -0.15) is 0 Å². The summed E-state index contributed by atoms with van der Waals surface area (Å²) in [5.74, 6) is -0.0926. The number of anilines is 1. The van der Waals surface area contributed by atoms with Crippen LogP contribution in [0.1, 0.15) is 25.3 Å². The number of amides is 2. The van der Waals surface area contributed by atoms with Crippen LogP contribution in [0.15, 0.2) is 54.7 Å². The van der Waals surface area contributed by atoms with Crippen LogP contribution in [0.3, 0.4) is 0 Å². The Morgan fingerprint density at radius 3 is 2.39 bits per heavy atom. The number of fused-ring (bicyclic) bond motifs is 1. The summed E-state index contributed by atoms with van der Waals surface area (Å²) in [7, 11) is 3.44. The summed E-state index contributed by atoms with van der Waals surface area (Å²) < 4.78 is 5.12. The fourth-order valence-electron chi connectivity index (χ4n) is 2.55. The van der Waals surface area contributed by atoms with Gasteiger partial charge in [-0.1, -0.05) is 37.6 Å². The second-order valence-electron chi connectivity index (χ2n) is 7.23. The van der Waals surface area contributed by atoms with Crippen molar-refractivity contribution in [3.8, 4) is 5.75 Å². The van der Waals surface area contributed by atoms with Gasteiger partial charge in [0.1, 0.15) is 11.3 Å². The molecule has 2 N–H and O–H groups in total. The molecule has 0 spiro atoms. The molecule has 1 aromatic heterocycles. The minimum Gasteiger partial charge on any atom is -0.480 e. The number of carboxylic acid groups (broad SMARTS) is 1. The van der Waals surface area contributed by atoms with Crippen molar-refractivity contribution in [3.05, 3.63) is 65.3 Å². The number of rotatable bonds is 5. The summed E-state index contributed by atoms with van der Waals surface area (Å²) in [6.07, 6.45) is 1.60. The Morgan fingerprint density at radius 2 is 1.81 bits per heavy atom. The molecule has 8 heteroatoms. The second-order valence-corrected chi connectivity index (χ2v) is 7.64. The minimum absolute atomic E-state index is 0.104. The van der Waals surface area contributed by atoms with E-state index in [0.29, 0.717) is 22.2 Å².